The quantitative estimate of drug-likeness (QED) is 0.250. The zero-order valence-corrected chi connectivity index (χ0v) is 20.0. The van der Waals surface area contributed by atoms with Crippen molar-refractivity contribution in [1.82, 2.24) is 19.4 Å². The molecule has 0 atom stereocenters. The Bertz CT molecular complexity index is 2180. The maximum atomic E-state index is 5.05. The van der Waals surface area contributed by atoms with Gasteiger partial charge in [0.15, 0.2) is 0 Å². The minimum atomic E-state index is 0.962. The number of aromatic amines is 1. The van der Waals surface area contributed by atoms with Gasteiger partial charge in [-0.15, -0.1) is 0 Å². The minimum Gasteiger partial charge on any atom is -0.354 e. The summed E-state index contributed by atoms with van der Waals surface area (Å²) in [4.78, 5) is 13.7. The normalized spacial score (nSPS) is 12.2. The van der Waals surface area contributed by atoms with Gasteiger partial charge < -0.3 is 4.98 Å². The van der Waals surface area contributed by atoms with Gasteiger partial charge in [0, 0.05) is 33.3 Å². The molecule has 4 aromatic carbocycles. The molecule has 0 aliphatic heterocycles. The van der Waals surface area contributed by atoms with E-state index in [0.717, 1.165) is 49.5 Å². The summed E-state index contributed by atoms with van der Waals surface area (Å²) in [5.74, 6) is 0. The number of pyridine rings is 2. The Morgan fingerprint density at radius 1 is 0.694 bits per heavy atom. The Hall–Kier alpha value is -4.70. The molecule has 4 heterocycles. The van der Waals surface area contributed by atoms with Crippen LogP contribution < -0.4 is 0 Å². The molecule has 170 valence electrons. The van der Waals surface area contributed by atoms with Gasteiger partial charge in [0.25, 0.3) is 0 Å². The lowest BCUT2D eigenvalue weighted by atomic mass is 9.95. The topological polar surface area (TPSA) is 46.0 Å². The largest absolute Gasteiger partial charge is 0.354 e. The third-order valence-corrected chi connectivity index (χ3v) is 7.62. The fourth-order valence-electron chi connectivity index (χ4n) is 5.94. The summed E-state index contributed by atoms with van der Waals surface area (Å²) < 4.78 is 2.24. The summed E-state index contributed by atoms with van der Waals surface area (Å²) >= 11 is 0. The second kappa shape index (κ2) is 6.92. The smallest absolute Gasteiger partial charge is 0.146 e. The first kappa shape index (κ1) is 19.6. The third-order valence-electron chi connectivity index (χ3n) is 7.62. The second-order valence-corrected chi connectivity index (χ2v) is 9.69. The van der Waals surface area contributed by atoms with E-state index in [4.69, 9.17) is 9.97 Å². The number of nitrogens with one attached hydrogen (secondary N) is 1. The molecule has 0 aliphatic carbocycles. The number of hydrogen-bond donors (Lipinski definition) is 1. The number of fused-ring (bicyclic) bond motifs is 12. The van der Waals surface area contributed by atoms with Crippen molar-refractivity contribution in [3.05, 3.63) is 102 Å². The van der Waals surface area contributed by atoms with E-state index in [9.17, 15) is 0 Å². The Morgan fingerprint density at radius 3 is 2.42 bits per heavy atom. The molecule has 0 radical (unpaired) electrons. The lowest BCUT2D eigenvalue weighted by Crippen LogP contribution is -1.93. The van der Waals surface area contributed by atoms with Gasteiger partial charge >= 0.3 is 0 Å². The van der Waals surface area contributed by atoms with Crippen molar-refractivity contribution < 1.29 is 0 Å². The molecule has 0 saturated heterocycles. The number of nitrogens with zero attached hydrogens (tertiary/aromatic N) is 3. The molecule has 1 N–H and O–H groups in total. The molecular formula is C32H22N4. The van der Waals surface area contributed by atoms with E-state index in [1.54, 1.807) is 0 Å². The molecule has 0 bridgehead atoms. The van der Waals surface area contributed by atoms with Gasteiger partial charge in [0.05, 0.1) is 27.6 Å². The van der Waals surface area contributed by atoms with Crippen LogP contribution in [0.2, 0.25) is 0 Å². The van der Waals surface area contributed by atoms with Crippen molar-refractivity contribution in [2.24, 2.45) is 0 Å². The van der Waals surface area contributed by atoms with Crippen LogP contribution in [0.3, 0.4) is 0 Å². The first-order chi connectivity index (χ1) is 17.7. The zero-order chi connectivity index (χ0) is 24.0. The average Bonchev–Trinajstić information content (AvgIpc) is 3.47. The number of aryl methyl sites for hydroxylation is 2. The van der Waals surface area contributed by atoms with Crippen molar-refractivity contribution in [3.8, 4) is 11.1 Å². The third kappa shape index (κ3) is 2.48. The molecule has 0 aliphatic rings. The number of aromatic nitrogens is 4. The lowest BCUT2D eigenvalue weighted by molar-refractivity contribution is 1.29. The van der Waals surface area contributed by atoms with Crippen LogP contribution in [-0.4, -0.2) is 19.4 Å². The van der Waals surface area contributed by atoms with Crippen molar-refractivity contribution in [2.45, 2.75) is 13.8 Å². The van der Waals surface area contributed by atoms with Gasteiger partial charge in [0.1, 0.15) is 5.65 Å². The van der Waals surface area contributed by atoms with Gasteiger partial charge in [-0.3, -0.25) is 9.38 Å². The molecular weight excluding hydrogens is 440 g/mol. The SMILES string of the molecule is Cc1ccccc1-c1cc2[nH]c3c(ccc4c3c3ncccc3n3c5ccccc5nc43)c2cc1C. The molecule has 4 aromatic heterocycles. The van der Waals surface area contributed by atoms with E-state index >= 15 is 0 Å². The molecule has 36 heavy (non-hydrogen) atoms. The van der Waals surface area contributed by atoms with Crippen LogP contribution in [0.25, 0.3) is 71.4 Å². The maximum absolute atomic E-state index is 5.05. The van der Waals surface area contributed by atoms with Gasteiger partial charge in [-0.2, -0.15) is 0 Å². The molecule has 0 amide bonds. The van der Waals surface area contributed by atoms with E-state index in [2.05, 4.69) is 96.0 Å². The molecule has 4 nitrogen and oxygen atoms in total. The van der Waals surface area contributed by atoms with Gasteiger partial charge in [-0.05, 0) is 78.6 Å². The van der Waals surface area contributed by atoms with Crippen molar-refractivity contribution in [2.75, 3.05) is 0 Å². The van der Waals surface area contributed by atoms with Crippen molar-refractivity contribution in [1.29, 1.82) is 0 Å². The summed E-state index contributed by atoms with van der Waals surface area (Å²) in [7, 11) is 0. The van der Waals surface area contributed by atoms with E-state index in [0.29, 0.717) is 0 Å². The Labute approximate surface area is 206 Å². The first-order valence-electron chi connectivity index (χ1n) is 12.3. The van der Waals surface area contributed by atoms with E-state index in [1.165, 1.54) is 33.0 Å². The fourth-order valence-corrected chi connectivity index (χ4v) is 5.94. The Morgan fingerprint density at radius 2 is 1.50 bits per heavy atom. The highest BCUT2D eigenvalue weighted by Gasteiger charge is 2.18. The number of benzene rings is 4. The van der Waals surface area contributed by atoms with Crippen LogP contribution in [0.4, 0.5) is 0 Å². The summed E-state index contributed by atoms with van der Waals surface area (Å²) in [6.07, 6.45) is 1.88. The second-order valence-electron chi connectivity index (χ2n) is 9.69. The van der Waals surface area contributed by atoms with E-state index in [1.807, 2.05) is 18.3 Å². The molecule has 0 spiro atoms. The summed E-state index contributed by atoms with van der Waals surface area (Å²) in [5, 5.41) is 4.67. The molecule has 8 rings (SSSR count). The highest BCUT2D eigenvalue weighted by molar-refractivity contribution is 6.26. The van der Waals surface area contributed by atoms with Crippen LogP contribution in [0.1, 0.15) is 11.1 Å². The van der Waals surface area contributed by atoms with Gasteiger partial charge in [-0.1, -0.05) is 42.5 Å². The van der Waals surface area contributed by atoms with Crippen molar-refractivity contribution >= 4 is 60.3 Å². The highest BCUT2D eigenvalue weighted by atomic mass is 15.0. The maximum Gasteiger partial charge on any atom is 0.146 e. The molecule has 0 fully saturated rings. The standard InChI is InChI=1S/C32H22N4/c1-18-8-3-4-9-20(18)23-17-26-24(16-19(23)2)21-13-14-22-29(30(21)34-26)31-28(12-7-15-33-31)36-27-11-6-5-10-25(27)35-32(22)36/h3-17,34H,1-2H3. The van der Waals surface area contributed by atoms with E-state index < -0.39 is 0 Å². The van der Waals surface area contributed by atoms with Crippen LogP contribution >= 0.6 is 0 Å². The Balaban J connectivity index is 1.55. The van der Waals surface area contributed by atoms with Crippen molar-refractivity contribution in [3.63, 3.8) is 0 Å². The zero-order valence-electron chi connectivity index (χ0n) is 20.0. The number of H-pyrrole nitrogens is 1. The summed E-state index contributed by atoms with van der Waals surface area (Å²) in [6.45, 7) is 4.38. The molecule has 0 saturated carbocycles. The Kier molecular flexibility index (Phi) is 3.77. The number of imidazole rings is 1. The van der Waals surface area contributed by atoms with Crippen LogP contribution in [0.5, 0.6) is 0 Å². The number of para-hydroxylation sites is 2. The lowest BCUT2D eigenvalue weighted by Gasteiger charge is -2.10. The molecule has 8 aromatic rings. The predicted molar refractivity (Wildman–Crippen MR) is 150 cm³/mol. The van der Waals surface area contributed by atoms with Crippen LogP contribution in [0.15, 0.2) is 91.1 Å². The van der Waals surface area contributed by atoms with E-state index in [-0.39, 0.29) is 0 Å². The molecule has 0 unspecified atom stereocenters. The monoisotopic (exact) mass is 462 g/mol. The number of rotatable bonds is 1. The number of hydrogen-bond acceptors (Lipinski definition) is 2. The van der Waals surface area contributed by atoms with Crippen LogP contribution in [-0.2, 0) is 0 Å². The first-order valence-corrected chi connectivity index (χ1v) is 12.3. The van der Waals surface area contributed by atoms with Crippen LogP contribution in [0, 0.1) is 13.8 Å². The van der Waals surface area contributed by atoms with Gasteiger partial charge in [0.2, 0.25) is 0 Å². The highest BCUT2D eigenvalue weighted by Crippen LogP contribution is 2.39. The van der Waals surface area contributed by atoms with Gasteiger partial charge in [-0.25, -0.2) is 4.98 Å². The summed E-state index contributed by atoms with van der Waals surface area (Å²) in [6, 6.07) is 30.1. The average molecular weight is 463 g/mol. The molecule has 4 heteroatoms. The summed E-state index contributed by atoms with van der Waals surface area (Å²) in [5.41, 5.74) is 12.5. The predicted octanol–water partition coefficient (Wildman–Crippen LogP) is 8.11. The fraction of sp³-hybridized carbons (Fsp3) is 0.0625. The minimum absolute atomic E-state index is 0.962.